The van der Waals surface area contributed by atoms with Crippen molar-refractivity contribution in [1.29, 1.82) is 0 Å². The van der Waals surface area contributed by atoms with Crippen molar-refractivity contribution in [2.24, 2.45) is 11.8 Å². The highest BCUT2D eigenvalue weighted by atomic mass is 32.2. The average molecular weight is 484 g/mol. The Balaban J connectivity index is 1.71. The summed E-state index contributed by atoms with van der Waals surface area (Å²) < 4.78 is 5.66. The van der Waals surface area contributed by atoms with Crippen molar-refractivity contribution in [3.05, 3.63) is 59.9 Å². The van der Waals surface area contributed by atoms with Crippen LogP contribution in [0.3, 0.4) is 0 Å². The molecule has 0 aliphatic carbocycles. The molecule has 4 unspecified atom stereocenters. The largest absolute Gasteiger partial charge is 0.494 e. The number of nitrogens with one attached hydrogen (secondary N) is 1. The second kappa shape index (κ2) is 10.1. The van der Waals surface area contributed by atoms with Crippen molar-refractivity contribution >= 4 is 29.5 Å². The molecule has 9 heteroatoms. The topological polar surface area (TPSA) is 109 Å². The molecule has 0 radical (unpaired) electrons. The molecule has 0 spiro atoms. The lowest BCUT2D eigenvalue weighted by molar-refractivity contribution is -0.151. The zero-order valence-electron chi connectivity index (χ0n) is 19.3. The molecule has 180 valence electrons. The Hall–Kier alpha value is -2.91. The van der Waals surface area contributed by atoms with E-state index in [1.807, 2.05) is 37.4 Å². The Labute approximate surface area is 203 Å². The van der Waals surface area contributed by atoms with E-state index < -0.39 is 35.3 Å². The quantitative estimate of drug-likeness (QED) is 0.497. The number of benzene rings is 1. The first kappa shape index (κ1) is 24.2. The van der Waals surface area contributed by atoms with Gasteiger partial charge < -0.3 is 9.84 Å². The number of rotatable bonds is 10. The summed E-state index contributed by atoms with van der Waals surface area (Å²) in [5, 5.41) is 13.6. The van der Waals surface area contributed by atoms with Gasteiger partial charge in [0.25, 0.3) is 0 Å². The molecule has 0 bridgehead atoms. The minimum atomic E-state index is -1.53. The van der Waals surface area contributed by atoms with Gasteiger partial charge in [0, 0.05) is 12.2 Å². The minimum absolute atomic E-state index is 0.0280. The number of pyridine rings is 1. The molecule has 2 aliphatic heterocycles. The van der Waals surface area contributed by atoms with Crippen molar-refractivity contribution in [1.82, 2.24) is 15.2 Å². The minimum Gasteiger partial charge on any atom is -0.494 e. The summed E-state index contributed by atoms with van der Waals surface area (Å²) in [5.41, 5.74) is -0.190. The maximum atomic E-state index is 13.6. The van der Waals surface area contributed by atoms with Crippen LogP contribution >= 0.6 is 11.8 Å². The lowest BCUT2D eigenvalue weighted by Crippen LogP contribution is -2.56. The highest BCUT2D eigenvalue weighted by Gasteiger charge is 2.68. The molecule has 8 nitrogen and oxygen atoms in total. The molecule has 2 amide bonds. The molecule has 0 saturated carbocycles. The molecule has 4 atom stereocenters. The Morgan fingerprint density at radius 1 is 1.21 bits per heavy atom. The third-order valence-corrected chi connectivity index (χ3v) is 7.20. The van der Waals surface area contributed by atoms with Crippen LogP contribution in [0.15, 0.2) is 48.7 Å². The van der Waals surface area contributed by atoms with Gasteiger partial charge in [-0.25, -0.2) is 0 Å². The normalized spacial score (nSPS) is 26.1. The van der Waals surface area contributed by atoms with Crippen LogP contribution in [0.4, 0.5) is 0 Å². The number of carboxylic acid groups (broad SMARTS) is 1. The van der Waals surface area contributed by atoms with Crippen molar-refractivity contribution in [3.8, 4) is 5.75 Å². The van der Waals surface area contributed by atoms with Crippen molar-refractivity contribution < 1.29 is 24.2 Å². The van der Waals surface area contributed by atoms with E-state index in [0.29, 0.717) is 23.8 Å². The fraction of sp³-hybridized carbons (Fsp3) is 0.440. The van der Waals surface area contributed by atoms with E-state index in [9.17, 15) is 19.5 Å². The summed E-state index contributed by atoms with van der Waals surface area (Å²) in [7, 11) is 0. The van der Waals surface area contributed by atoms with Gasteiger partial charge in [-0.05, 0) is 54.7 Å². The number of amides is 2. The number of fused-ring (bicyclic) bond motifs is 1. The SMILES string of the molecule is CCCOc1ccc(C2NC(CCSC)(C(=O)O)C3C(=O)N(Cc4ccccn4)C(=O)C23)cc1. The Bertz CT molecular complexity index is 1050. The number of likely N-dealkylation sites (tertiary alicyclic amines) is 1. The number of carbonyl (C=O) groups is 3. The number of thioether (sulfide) groups is 1. The van der Waals surface area contributed by atoms with Gasteiger partial charge in [-0.15, -0.1) is 0 Å². The predicted molar refractivity (Wildman–Crippen MR) is 128 cm³/mol. The van der Waals surface area contributed by atoms with Gasteiger partial charge in [0.05, 0.1) is 30.7 Å². The van der Waals surface area contributed by atoms with Gasteiger partial charge in [-0.3, -0.25) is 29.6 Å². The molecule has 2 aliphatic rings. The first-order valence-corrected chi connectivity index (χ1v) is 12.8. The van der Waals surface area contributed by atoms with E-state index in [-0.39, 0.29) is 18.9 Å². The number of aliphatic carboxylic acids is 1. The number of aromatic nitrogens is 1. The molecule has 34 heavy (non-hydrogen) atoms. The third kappa shape index (κ3) is 4.30. The van der Waals surface area contributed by atoms with E-state index in [0.717, 1.165) is 12.0 Å². The lowest BCUT2D eigenvalue weighted by Gasteiger charge is -2.31. The second-order valence-corrected chi connectivity index (χ2v) is 9.63. The monoisotopic (exact) mass is 483 g/mol. The van der Waals surface area contributed by atoms with Crippen molar-refractivity contribution in [3.63, 3.8) is 0 Å². The number of hydrogen-bond acceptors (Lipinski definition) is 7. The number of carbonyl (C=O) groups excluding carboxylic acids is 2. The fourth-order valence-corrected chi connectivity index (χ4v) is 5.47. The number of hydrogen-bond donors (Lipinski definition) is 2. The summed E-state index contributed by atoms with van der Waals surface area (Å²) >= 11 is 1.51. The Kier molecular flexibility index (Phi) is 7.23. The molecular formula is C25H29N3O5S. The van der Waals surface area contributed by atoms with E-state index in [4.69, 9.17) is 4.74 Å². The molecular weight excluding hydrogens is 454 g/mol. The van der Waals surface area contributed by atoms with E-state index in [2.05, 4.69) is 10.3 Å². The van der Waals surface area contributed by atoms with Crippen molar-refractivity contribution in [2.45, 2.75) is 37.9 Å². The van der Waals surface area contributed by atoms with Gasteiger partial charge in [0.1, 0.15) is 11.3 Å². The molecule has 1 aromatic carbocycles. The molecule has 2 fully saturated rings. The summed E-state index contributed by atoms with van der Waals surface area (Å²) in [6, 6.07) is 12.0. The summed E-state index contributed by atoms with van der Waals surface area (Å²) in [6.07, 6.45) is 4.61. The average Bonchev–Trinajstić information content (AvgIpc) is 3.32. The van der Waals surface area contributed by atoms with Crippen LogP contribution in [0.2, 0.25) is 0 Å². The lowest BCUT2D eigenvalue weighted by atomic mass is 9.78. The van der Waals surface area contributed by atoms with Gasteiger partial charge in [-0.2, -0.15) is 11.8 Å². The van der Waals surface area contributed by atoms with E-state index >= 15 is 0 Å². The number of carboxylic acids is 1. The van der Waals surface area contributed by atoms with Gasteiger partial charge >= 0.3 is 5.97 Å². The van der Waals surface area contributed by atoms with Crippen LogP contribution in [0.5, 0.6) is 5.75 Å². The molecule has 2 aromatic rings. The Morgan fingerprint density at radius 2 is 1.97 bits per heavy atom. The molecule has 1 aromatic heterocycles. The number of imide groups is 1. The predicted octanol–water partition coefficient (Wildman–Crippen LogP) is 2.89. The highest BCUT2D eigenvalue weighted by molar-refractivity contribution is 7.98. The number of nitrogens with zero attached hydrogens (tertiary/aromatic N) is 2. The standard InChI is InChI=1S/C25H29N3O5S/c1-3-13-33-18-9-7-16(8-10-18)21-19-20(25(27-21,24(31)32)11-14-34-2)23(30)28(22(19)29)15-17-6-4-5-12-26-17/h4-10,12,19-21,27H,3,11,13-15H2,1-2H3,(H,31,32). The van der Waals surface area contributed by atoms with Crippen LogP contribution < -0.4 is 10.1 Å². The summed E-state index contributed by atoms with van der Waals surface area (Å²) in [5.74, 6) is -2.48. The van der Waals surface area contributed by atoms with Gasteiger partial charge in [-0.1, -0.05) is 25.1 Å². The first-order valence-electron chi connectivity index (χ1n) is 11.4. The third-order valence-electron chi connectivity index (χ3n) is 6.59. The zero-order chi connectivity index (χ0) is 24.3. The maximum Gasteiger partial charge on any atom is 0.324 e. The molecule has 4 rings (SSSR count). The van der Waals surface area contributed by atoms with Crippen LogP contribution in [-0.2, 0) is 20.9 Å². The van der Waals surface area contributed by atoms with E-state index in [1.54, 1.807) is 24.4 Å². The molecule has 2 N–H and O–H groups in total. The smallest absolute Gasteiger partial charge is 0.324 e. The van der Waals surface area contributed by atoms with Crippen LogP contribution in [0, 0.1) is 11.8 Å². The molecule has 3 heterocycles. The molecule has 2 saturated heterocycles. The summed E-state index contributed by atoms with van der Waals surface area (Å²) in [6.45, 7) is 2.65. The number of ether oxygens (including phenoxy) is 1. The van der Waals surface area contributed by atoms with Crippen LogP contribution in [0.25, 0.3) is 0 Å². The highest BCUT2D eigenvalue weighted by Crippen LogP contribution is 2.50. The zero-order valence-corrected chi connectivity index (χ0v) is 20.1. The van der Waals surface area contributed by atoms with Crippen LogP contribution in [0.1, 0.15) is 37.1 Å². The van der Waals surface area contributed by atoms with Gasteiger partial charge in [0.2, 0.25) is 11.8 Å². The maximum absolute atomic E-state index is 13.6. The van der Waals surface area contributed by atoms with Gasteiger partial charge in [0.15, 0.2) is 0 Å². The Morgan fingerprint density at radius 3 is 2.59 bits per heavy atom. The van der Waals surface area contributed by atoms with Crippen LogP contribution in [-0.4, -0.2) is 56.9 Å². The second-order valence-electron chi connectivity index (χ2n) is 8.65. The van der Waals surface area contributed by atoms with E-state index in [1.165, 1.54) is 16.7 Å². The first-order chi connectivity index (χ1) is 16.4. The summed E-state index contributed by atoms with van der Waals surface area (Å²) in [4.78, 5) is 45.2. The fourth-order valence-electron chi connectivity index (χ4n) is 4.95. The van der Waals surface area contributed by atoms with Crippen molar-refractivity contribution in [2.75, 3.05) is 18.6 Å².